The third kappa shape index (κ3) is 2.94. The van der Waals surface area contributed by atoms with Crippen LogP contribution >= 0.6 is 0 Å². The van der Waals surface area contributed by atoms with Gasteiger partial charge < -0.3 is 20.5 Å². The van der Waals surface area contributed by atoms with Crippen LogP contribution in [0.5, 0.6) is 17.6 Å². The predicted molar refractivity (Wildman–Crippen MR) is 72.9 cm³/mol. The van der Waals surface area contributed by atoms with Crippen molar-refractivity contribution in [1.29, 1.82) is 0 Å². The third-order valence-corrected chi connectivity index (χ3v) is 2.49. The molecule has 0 spiro atoms. The maximum absolute atomic E-state index is 11.6. The van der Waals surface area contributed by atoms with Crippen LogP contribution in [0.25, 0.3) is 0 Å². The average Bonchev–Trinajstić information content (AvgIpc) is 2.48. The first kappa shape index (κ1) is 13.6. The molecule has 2 aromatic rings. The highest BCUT2D eigenvalue weighted by atomic mass is 16.5. The molecule has 7 heteroatoms. The zero-order chi connectivity index (χ0) is 14.5. The van der Waals surface area contributed by atoms with Gasteiger partial charge in [0.2, 0.25) is 5.88 Å². The number of hydrogen-bond donors (Lipinski definition) is 2. The number of amides is 1. The minimum absolute atomic E-state index is 0.0827. The van der Waals surface area contributed by atoms with Crippen LogP contribution in [0.15, 0.2) is 30.5 Å². The summed E-state index contributed by atoms with van der Waals surface area (Å²) in [5, 5.41) is 2.48. The molecule has 1 aromatic carbocycles. The van der Waals surface area contributed by atoms with Gasteiger partial charge in [0, 0.05) is 12.7 Å². The number of hydrogen-bond acceptors (Lipinski definition) is 6. The van der Waals surface area contributed by atoms with E-state index in [0.29, 0.717) is 11.4 Å². The lowest BCUT2D eigenvalue weighted by molar-refractivity contribution is 0.0958. The quantitative estimate of drug-likeness (QED) is 0.813. The first-order valence-electron chi connectivity index (χ1n) is 5.80. The van der Waals surface area contributed by atoms with Crippen molar-refractivity contribution in [3.8, 4) is 17.6 Å². The van der Waals surface area contributed by atoms with E-state index in [0.717, 1.165) is 0 Å². The molecule has 0 saturated carbocycles. The van der Waals surface area contributed by atoms with Gasteiger partial charge in [-0.1, -0.05) is 0 Å². The Balaban J connectivity index is 2.25. The van der Waals surface area contributed by atoms with E-state index < -0.39 is 0 Å². The predicted octanol–water partition coefficient (Wildman–Crippen LogP) is 1.22. The number of methoxy groups -OCH3 is 1. The van der Waals surface area contributed by atoms with E-state index in [4.69, 9.17) is 15.2 Å². The number of anilines is 1. The van der Waals surface area contributed by atoms with E-state index in [1.165, 1.54) is 20.4 Å². The van der Waals surface area contributed by atoms with Crippen molar-refractivity contribution in [1.82, 2.24) is 15.3 Å². The van der Waals surface area contributed by atoms with Crippen LogP contribution in [-0.2, 0) is 0 Å². The summed E-state index contributed by atoms with van der Waals surface area (Å²) in [7, 11) is 2.93. The first-order chi connectivity index (χ1) is 9.63. The highest BCUT2D eigenvalue weighted by Crippen LogP contribution is 2.22. The Bertz CT molecular complexity index is 614. The van der Waals surface area contributed by atoms with Gasteiger partial charge in [-0.05, 0) is 24.3 Å². The van der Waals surface area contributed by atoms with E-state index in [2.05, 4.69) is 15.3 Å². The first-order valence-corrected chi connectivity index (χ1v) is 5.80. The second-order valence-corrected chi connectivity index (χ2v) is 3.83. The zero-order valence-corrected chi connectivity index (χ0v) is 11.1. The largest absolute Gasteiger partial charge is 0.480 e. The van der Waals surface area contributed by atoms with Gasteiger partial charge in [0.15, 0.2) is 0 Å². The van der Waals surface area contributed by atoms with Gasteiger partial charge in [0.1, 0.15) is 11.3 Å². The summed E-state index contributed by atoms with van der Waals surface area (Å²) in [6.07, 6.45) is 1.34. The van der Waals surface area contributed by atoms with Crippen molar-refractivity contribution in [3.05, 3.63) is 36.0 Å². The number of ether oxygens (including phenoxy) is 2. The standard InChI is InChI=1S/C13H14N4O3/c1-15-11(18)10-7-16-13(17-12(10)19-2)20-9-5-3-8(14)4-6-9/h3-7H,14H2,1-2H3,(H,15,18). The number of nitrogens with two attached hydrogens (primary N) is 1. The molecule has 0 radical (unpaired) electrons. The molecule has 1 aromatic heterocycles. The second kappa shape index (κ2) is 5.87. The summed E-state index contributed by atoms with van der Waals surface area (Å²) >= 11 is 0. The van der Waals surface area contributed by atoms with E-state index >= 15 is 0 Å². The minimum Gasteiger partial charge on any atom is -0.480 e. The molecule has 0 saturated heterocycles. The highest BCUT2D eigenvalue weighted by Gasteiger charge is 2.15. The molecule has 0 aliphatic carbocycles. The molecule has 0 aliphatic rings. The van der Waals surface area contributed by atoms with Crippen molar-refractivity contribution in [2.24, 2.45) is 0 Å². The van der Waals surface area contributed by atoms with Gasteiger partial charge in [0.05, 0.1) is 13.3 Å². The molecule has 7 nitrogen and oxygen atoms in total. The van der Waals surface area contributed by atoms with Gasteiger partial charge in [-0.2, -0.15) is 4.98 Å². The molecule has 104 valence electrons. The molecule has 3 N–H and O–H groups in total. The van der Waals surface area contributed by atoms with Crippen molar-refractivity contribution in [2.75, 3.05) is 19.9 Å². The molecule has 0 aliphatic heterocycles. The Kier molecular flexibility index (Phi) is 3.99. The molecule has 0 unspecified atom stereocenters. The monoisotopic (exact) mass is 274 g/mol. The number of carbonyl (C=O) groups is 1. The van der Waals surface area contributed by atoms with Crippen molar-refractivity contribution in [2.45, 2.75) is 0 Å². The summed E-state index contributed by atoms with van der Waals surface area (Å²) in [5.74, 6) is 0.347. The molecule has 1 heterocycles. The lowest BCUT2D eigenvalue weighted by Crippen LogP contribution is -2.19. The summed E-state index contributed by atoms with van der Waals surface area (Å²) < 4.78 is 10.5. The van der Waals surface area contributed by atoms with Crippen molar-refractivity contribution < 1.29 is 14.3 Å². The van der Waals surface area contributed by atoms with E-state index in [9.17, 15) is 4.79 Å². The molecular formula is C13H14N4O3. The van der Waals surface area contributed by atoms with Crippen molar-refractivity contribution >= 4 is 11.6 Å². The van der Waals surface area contributed by atoms with Crippen LogP contribution in [-0.4, -0.2) is 30.0 Å². The van der Waals surface area contributed by atoms with E-state index in [1.54, 1.807) is 24.3 Å². The number of rotatable bonds is 4. The summed E-state index contributed by atoms with van der Waals surface area (Å²) in [5.41, 5.74) is 6.45. The average molecular weight is 274 g/mol. The minimum atomic E-state index is -0.333. The number of carbonyl (C=O) groups excluding carboxylic acids is 1. The number of benzene rings is 1. The van der Waals surface area contributed by atoms with Gasteiger partial charge in [-0.3, -0.25) is 4.79 Å². The van der Waals surface area contributed by atoms with Crippen LogP contribution in [0, 0.1) is 0 Å². The van der Waals surface area contributed by atoms with Gasteiger partial charge in [-0.15, -0.1) is 0 Å². The normalized spacial score (nSPS) is 9.90. The lowest BCUT2D eigenvalue weighted by atomic mass is 10.3. The topological polar surface area (TPSA) is 99.4 Å². The zero-order valence-electron chi connectivity index (χ0n) is 11.1. The number of aromatic nitrogens is 2. The lowest BCUT2D eigenvalue weighted by Gasteiger charge is -2.08. The van der Waals surface area contributed by atoms with E-state index in [1.807, 2.05) is 0 Å². The number of nitrogen functional groups attached to an aromatic ring is 1. The van der Waals surface area contributed by atoms with Crippen LogP contribution in [0.2, 0.25) is 0 Å². The number of nitrogens with zero attached hydrogens (tertiary/aromatic N) is 2. The fraction of sp³-hybridized carbons (Fsp3) is 0.154. The van der Waals surface area contributed by atoms with Gasteiger partial charge in [0.25, 0.3) is 5.91 Å². The maximum atomic E-state index is 11.6. The van der Waals surface area contributed by atoms with Crippen LogP contribution in [0.3, 0.4) is 0 Å². The Morgan fingerprint density at radius 1 is 1.30 bits per heavy atom. The molecule has 0 fully saturated rings. The van der Waals surface area contributed by atoms with Gasteiger partial charge in [-0.25, -0.2) is 4.98 Å². The molecule has 20 heavy (non-hydrogen) atoms. The summed E-state index contributed by atoms with van der Waals surface area (Å²) in [6, 6.07) is 6.87. The Hall–Kier alpha value is -2.83. The summed E-state index contributed by atoms with van der Waals surface area (Å²) in [4.78, 5) is 19.6. The molecule has 0 bridgehead atoms. The molecule has 1 amide bonds. The Labute approximate surface area is 115 Å². The maximum Gasteiger partial charge on any atom is 0.325 e. The fourth-order valence-electron chi connectivity index (χ4n) is 1.49. The van der Waals surface area contributed by atoms with Crippen LogP contribution in [0.1, 0.15) is 10.4 Å². The smallest absolute Gasteiger partial charge is 0.325 e. The summed E-state index contributed by atoms with van der Waals surface area (Å²) in [6.45, 7) is 0. The SMILES string of the molecule is CNC(=O)c1cnc(Oc2ccc(N)cc2)nc1OC. The third-order valence-electron chi connectivity index (χ3n) is 2.49. The Morgan fingerprint density at radius 2 is 2.00 bits per heavy atom. The number of nitrogens with one attached hydrogen (secondary N) is 1. The second-order valence-electron chi connectivity index (χ2n) is 3.83. The fourth-order valence-corrected chi connectivity index (χ4v) is 1.49. The Morgan fingerprint density at radius 3 is 2.60 bits per heavy atom. The molecule has 2 rings (SSSR count). The van der Waals surface area contributed by atoms with Crippen molar-refractivity contribution in [3.63, 3.8) is 0 Å². The molecular weight excluding hydrogens is 260 g/mol. The van der Waals surface area contributed by atoms with Crippen LogP contribution < -0.4 is 20.5 Å². The van der Waals surface area contributed by atoms with E-state index in [-0.39, 0.29) is 23.4 Å². The highest BCUT2D eigenvalue weighted by molar-refractivity contribution is 5.95. The molecule has 0 atom stereocenters. The van der Waals surface area contributed by atoms with Gasteiger partial charge >= 0.3 is 6.01 Å². The van der Waals surface area contributed by atoms with Crippen LogP contribution in [0.4, 0.5) is 5.69 Å².